The Morgan fingerprint density at radius 2 is 2.09 bits per heavy atom. The van der Waals surface area contributed by atoms with Crippen LogP contribution in [-0.2, 0) is 0 Å². The Bertz CT molecular complexity index is 795. The highest BCUT2D eigenvalue weighted by molar-refractivity contribution is 5.97. The summed E-state index contributed by atoms with van der Waals surface area (Å²) in [4.78, 5) is 27.8. The van der Waals surface area contributed by atoms with Crippen LogP contribution >= 0.6 is 0 Å². The maximum atomic E-state index is 12.4. The van der Waals surface area contributed by atoms with Crippen LogP contribution in [0, 0.1) is 17.8 Å². The van der Waals surface area contributed by atoms with E-state index in [1.54, 1.807) is 6.07 Å². The number of fused-ring (bicyclic) bond motifs is 3. The molecule has 0 unspecified atom stereocenters. The lowest BCUT2D eigenvalue weighted by molar-refractivity contribution is 0.0948. The van der Waals surface area contributed by atoms with E-state index in [0.29, 0.717) is 11.9 Å². The van der Waals surface area contributed by atoms with Crippen molar-refractivity contribution in [2.75, 3.05) is 6.54 Å². The van der Waals surface area contributed by atoms with Crippen molar-refractivity contribution in [3.05, 3.63) is 46.2 Å². The molecule has 2 bridgehead atoms. The van der Waals surface area contributed by atoms with Gasteiger partial charge < -0.3 is 10.3 Å². The number of benzene rings is 1. The Hall–Kier alpha value is -2.10. The zero-order chi connectivity index (χ0) is 15.8. The average molecular weight is 310 g/mol. The molecule has 23 heavy (non-hydrogen) atoms. The van der Waals surface area contributed by atoms with E-state index in [9.17, 15) is 9.59 Å². The summed E-state index contributed by atoms with van der Waals surface area (Å²) in [5.74, 6) is 2.31. The minimum atomic E-state index is -0.264. The Balaban J connectivity index is 1.41. The van der Waals surface area contributed by atoms with Gasteiger partial charge in [-0.25, -0.2) is 0 Å². The van der Waals surface area contributed by atoms with Crippen LogP contribution in [0.2, 0.25) is 0 Å². The highest BCUT2D eigenvalue weighted by Crippen LogP contribution is 2.49. The maximum absolute atomic E-state index is 12.4. The number of rotatable bonds is 4. The van der Waals surface area contributed by atoms with Crippen molar-refractivity contribution in [3.8, 4) is 0 Å². The number of aromatic amines is 1. The summed E-state index contributed by atoms with van der Waals surface area (Å²) in [6.07, 6.45) is 8.06. The number of pyridine rings is 1. The normalized spacial score (nSPS) is 25.8. The monoisotopic (exact) mass is 310 g/mol. The highest BCUT2D eigenvalue weighted by atomic mass is 16.2. The molecule has 2 fully saturated rings. The number of H-pyrrole nitrogens is 1. The molecule has 2 aliphatic carbocycles. The van der Waals surface area contributed by atoms with E-state index in [2.05, 4.69) is 10.3 Å². The molecule has 1 amide bonds. The van der Waals surface area contributed by atoms with Gasteiger partial charge in [0.25, 0.3) is 5.91 Å². The van der Waals surface area contributed by atoms with E-state index in [-0.39, 0.29) is 16.9 Å². The van der Waals surface area contributed by atoms with Gasteiger partial charge in [-0.05, 0) is 55.6 Å². The van der Waals surface area contributed by atoms with Gasteiger partial charge in [-0.15, -0.1) is 0 Å². The lowest BCUT2D eigenvalue weighted by Gasteiger charge is -2.21. The third-order valence-corrected chi connectivity index (χ3v) is 5.72. The summed E-state index contributed by atoms with van der Waals surface area (Å²) in [7, 11) is 0. The molecule has 4 nitrogen and oxygen atoms in total. The standard InChI is InChI=1S/C19H22N2O2/c22-18-15-3-1-2-4-17(15)21-11-16(18)19(23)20-8-7-14-10-12-5-6-13(14)9-12/h1-4,11-14H,5-10H2,(H,20,23)(H,21,22)/t12-,13-,14+/m0/s1. The van der Waals surface area contributed by atoms with Crippen LogP contribution in [-0.4, -0.2) is 17.4 Å². The number of carbonyl (C=O) groups excluding carboxylic acids is 1. The van der Waals surface area contributed by atoms with Gasteiger partial charge in [0, 0.05) is 23.6 Å². The predicted molar refractivity (Wildman–Crippen MR) is 90.5 cm³/mol. The second kappa shape index (κ2) is 5.84. The number of carbonyl (C=O) groups is 1. The lowest BCUT2D eigenvalue weighted by atomic mass is 9.86. The Morgan fingerprint density at radius 3 is 2.87 bits per heavy atom. The molecule has 4 rings (SSSR count). The van der Waals surface area contributed by atoms with Gasteiger partial charge in [0.15, 0.2) is 0 Å². The molecular formula is C19H22N2O2. The van der Waals surface area contributed by atoms with Gasteiger partial charge in [-0.1, -0.05) is 18.6 Å². The van der Waals surface area contributed by atoms with Gasteiger partial charge in [0.2, 0.25) is 5.43 Å². The summed E-state index contributed by atoms with van der Waals surface area (Å²) in [6, 6.07) is 7.27. The van der Waals surface area contributed by atoms with Crippen LogP contribution in [0.25, 0.3) is 10.9 Å². The quantitative estimate of drug-likeness (QED) is 0.911. The third kappa shape index (κ3) is 2.67. The van der Waals surface area contributed by atoms with Crippen molar-refractivity contribution in [3.63, 3.8) is 0 Å². The molecule has 120 valence electrons. The molecule has 2 N–H and O–H groups in total. The van der Waals surface area contributed by atoms with Crippen molar-refractivity contribution in [2.24, 2.45) is 17.8 Å². The fraction of sp³-hybridized carbons (Fsp3) is 0.474. The molecule has 0 saturated heterocycles. The third-order valence-electron chi connectivity index (χ3n) is 5.72. The summed E-state index contributed by atoms with van der Waals surface area (Å²) >= 11 is 0. The first kappa shape index (κ1) is 14.5. The number of aromatic nitrogens is 1. The smallest absolute Gasteiger partial charge is 0.256 e. The first-order chi connectivity index (χ1) is 11.2. The van der Waals surface area contributed by atoms with E-state index in [1.165, 1.54) is 31.9 Å². The Labute approximate surface area is 135 Å². The van der Waals surface area contributed by atoms with E-state index in [0.717, 1.165) is 29.7 Å². The largest absolute Gasteiger partial charge is 0.360 e. The van der Waals surface area contributed by atoms with E-state index in [4.69, 9.17) is 0 Å². The Kier molecular flexibility index (Phi) is 3.68. The van der Waals surface area contributed by atoms with Crippen molar-refractivity contribution < 1.29 is 4.79 Å². The number of para-hydroxylation sites is 1. The molecule has 1 aromatic carbocycles. The summed E-state index contributed by atoms with van der Waals surface area (Å²) in [5, 5.41) is 3.50. The molecule has 2 aromatic rings. The van der Waals surface area contributed by atoms with Gasteiger partial charge >= 0.3 is 0 Å². The molecule has 4 heteroatoms. The molecule has 2 saturated carbocycles. The zero-order valence-electron chi connectivity index (χ0n) is 13.2. The van der Waals surface area contributed by atoms with Crippen LogP contribution in [0.3, 0.4) is 0 Å². The maximum Gasteiger partial charge on any atom is 0.256 e. The van der Waals surface area contributed by atoms with Crippen LogP contribution in [0.15, 0.2) is 35.3 Å². The van der Waals surface area contributed by atoms with Crippen molar-refractivity contribution in [2.45, 2.75) is 32.1 Å². The first-order valence-electron chi connectivity index (χ1n) is 8.61. The molecule has 0 aliphatic heterocycles. The number of hydrogen-bond donors (Lipinski definition) is 2. The average Bonchev–Trinajstić information content (AvgIpc) is 3.18. The molecular weight excluding hydrogens is 288 g/mol. The Morgan fingerprint density at radius 1 is 1.22 bits per heavy atom. The number of nitrogens with one attached hydrogen (secondary N) is 2. The lowest BCUT2D eigenvalue weighted by Crippen LogP contribution is -2.31. The van der Waals surface area contributed by atoms with Crippen LogP contribution in [0.1, 0.15) is 42.5 Å². The molecule has 1 aromatic heterocycles. The highest BCUT2D eigenvalue weighted by Gasteiger charge is 2.38. The topological polar surface area (TPSA) is 62.0 Å². The summed E-state index contributed by atoms with van der Waals surface area (Å²) in [5.41, 5.74) is 0.768. The fourth-order valence-corrected chi connectivity index (χ4v) is 4.53. The van der Waals surface area contributed by atoms with Gasteiger partial charge in [-0.3, -0.25) is 9.59 Å². The van der Waals surface area contributed by atoms with Crippen molar-refractivity contribution >= 4 is 16.8 Å². The molecule has 3 atom stereocenters. The second-order valence-electron chi connectivity index (χ2n) is 7.06. The molecule has 0 spiro atoms. The van der Waals surface area contributed by atoms with Gasteiger partial charge in [0.1, 0.15) is 5.56 Å². The van der Waals surface area contributed by atoms with Crippen LogP contribution in [0.5, 0.6) is 0 Å². The van der Waals surface area contributed by atoms with Crippen LogP contribution in [0.4, 0.5) is 0 Å². The van der Waals surface area contributed by atoms with Crippen molar-refractivity contribution in [1.82, 2.24) is 10.3 Å². The zero-order valence-corrected chi connectivity index (χ0v) is 13.2. The summed E-state index contributed by atoms with van der Waals surface area (Å²) in [6.45, 7) is 0.666. The second-order valence-corrected chi connectivity index (χ2v) is 7.06. The predicted octanol–water partition coefficient (Wildman–Crippen LogP) is 3.08. The van der Waals surface area contributed by atoms with Gasteiger partial charge in [0.05, 0.1) is 0 Å². The van der Waals surface area contributed by atoms with E-state index >= 15 is 0 Å². The minimum absolute atomic E-state index is 0.197. The minimum Gasteiger partial charge on any atom is -0.360 e. The van der Waals surface area contributed by atoms with Crippen molar-refractivity contribution in [1.29, 1.82) is 0 Å². The molecule has 1 heterocycles. The van der Waals surface area contributed by atoms with Crippen LogP contribution < -0.4 is 10.7 Å². The number of amides is 1. The van der Waals surface area contributed by atoms with E-state index in [1.807, 2.05) is 18.2 Å². The van der Waals surface area contributed by atoms with E-state index < -0.39 is 0 Å². The van der Waals surface area contributed by atoms with Gasteiger partial charge in [-0.2, -0.15) is 0 Å². The fourth-order valence-electron chi connectivity index (χ4n) is 4.53. The first-order valence-corrected chi connectivity index (χ1v) is 8.61. The SMILES string of the molecule is O=C(NCC[C@@H]1C[C@H]2CC[C@H]1C2)c1c[nH]c2ccccc2c1=O. The molecule has 0 radical (unpaired) electrons. The number of hydrogen-bond acceptors (Lipinski definition) is 2. The summed E-state index contributed by atoms with van der Waals surface area (Å²) < 4.78 is 0. The molecule has 2 aliphatic rings.